The quantitative estimate of drug-likeness (QED) is 0.819. The van der Waals surface area contributed by atoms with E-state index in [1.54, 1.807) is 37.3 Å². The molecule has 0 amide bonds. The van der Waals surface area contributed by atoms with Gasteiger partial charge in [-0.25, -0.2) is 0 Å². The molecule has 0 aromatic heterocycles. The van der Waals surface area contributed by atoms with Gasteiger partial charge in [0.2, 0.25) is 0 Å². The van der Waals surface area contributed by atoms with Crippen LogP contribution in [0, 0.1) is 0 Å². The van der Waals surface area contributed by atoms with Gasteiger partial charge >= 0.3 is 0 Å². The van der Waals surface area contributed by atoms with Gasteiger partial charge in [-0.05, 0) is 18.6 Å². The molecule has 2 atom stereocenters. The maximum absolute atomic E-state index is 10.8. The van der Waals surface area contributed by atoms with E-state index in [4.69, 9.17) is 0 Å². The number of rotatable bonds is 4. The van der Waals surface area contributed by atoms with E-state index in [0.717, 1.165) is 5.56 Å². The summed E-state index contributed by atoms with van der Waals surface area (Å²) in [6, 6.07) is 16.5. The molecule has 19 heavy (non-hydrogen) atoms. The molecule has 2 aromatic rings. The van der Waals surface area contributed by atoms with Crippen molar-refractivity contribution in [3.05, 3.63) is 78.4 Å². The van der Waals surface area contributed by atoms with Gasteiger partial charge in [-0.15, -0.1) is 6.58 Å². The fourth-order valence-corrected chi connectivity index (χ4v) is 2.42. The minimum Gasteiger partial charge on any atom is -0.508 e. The minimum atomic E-state index is -1.21. The van der Waals surface area contributed by atoms with Gasteiger partial charge in [0.25, 0.3) is 0 Å². The van der Waals surface area contributed by atoms with Crippen molar-refractivity contribution in [2.75, 3.05) is 0 Å². The highest BCUT2D eigenvalue weighted by atomic mass is 16.3. The third kappa shape index (κ3) is 2.54. The summed E-state index contributed by atoms with van der Waals surface area (Å²) < 4.78 is 0. The maximum Gasteiger partial charge on any atom is 0.121 e. The average Bonchev–Trinajstić information content (AvgIpc) is 2.40. The lowest BCUT2D eigenvalue weighted by Gasteiger charge is -2.32. The lowest BCUT2D eigenvalue weighted by molar-refractivity contribution is 0.0394. The fourth-order valence-electron chi connectivity index (χ4n) is 2.42. The smallest absolute Gasteiger partial charge is 0.121 e. The van der Waals surface area contributed by atoms with Crippen molar-refractivity contribution < 1.29 is 10.2 Å². The monoisotopic (exact) mass is 254 g/mol. The van der Waals surface area contributed by atoms with Crippen LogP contribution in [0.3, 0.4) is 0 Å². The Labute approximate surface area is 113 Å². The number of aromatic hydroxyl groups is 1. The van der Waals surface area contributed by atoms with Crippen LogP contribution in [0.15, 0.2) is 67.3 Å². The van der Waals surface area contributed by atoms with Gasteiger partial charge in [0.1, 0.15) is 11.4 Å². The Morgan fingerprint density at radius 1 is 1.05 bits per heavy atom. The van der Waals surface area contributed by atoms with Crippen LogP contribution in [0.2, 0.25) is 0 Å². The lowest BCUT2D eigenvalue weighted by atomic mass is 9.78. The van der Waals surface area contributed by atoms with Gasteiger partial charge < -0.3 is 10.2 Å². The predicted molar refractivity (Wildman–Crippen MR) is 77.1 cm³/mol. The molecular weight excluding hydrogens is 236 g/mol. The second-order valence-corrected chi connectivity index (χ2v) is 4.79. The molecule has 2 N–H and O–H groups in total. The summed E-state index contributed by atoms with van der Waals surface area (Å²) in [6.45, 7) is 5.51. The second-order valence-electron chi connectivity index (χ2n) is 4.79. The summed E-state index contributed by atoms with van der Waals surface area (Å²) in [4.78, 5) is 0. The van der Waals surface area contributed by atoms with E-state index in [9.17, 15) is 10.2 Å². The maximum atomic E-state index is 10.8. The average molecular weight is 254 g/mol. The molecule has 0 heterocycles. The van der Waals surface area contributed by atoms with Crippen LogP contribution in [0.5, 0.6) is 5.75 Å². The Morgan fingerprint density at radius 2 is 1.63 bits per heavy atom. The SMILES string of the molecule is C=CC(c1ccccc1)C(C)(O)c1ccccc1O. The highest BCUT2D eigenvalue weighted by Gasteiger charge is 2.34. The van der Waals surface area contributed by atoms with Crippen LogP contribution >= 0.6 is 0 Å². The van der Waals surface area contributed by atoms with Gasteiger partial charge in [0.05, 0.1) is 0 Å². The zero-order valence-corrected chi connectivity index (χ0v) is 11.0. The summed E-state index contributed by atoms with van der Waals surface area (Å²) in [6.07, 6.45) is 1.71. The first kappa shape index (κ1) is 13.4. The van der Waals surface area contributed by atoms with Gasteiger partial charge in [0, 0.05) is 11.5 Å². The number of hydrogen-bond acceptors (Lipinski definition) is 2. The zero-order chi connectivity index (χ0) is 13.9. The van der Waals surface area contributed by atoms with Crippen molar-refractivity contribution in [3.63, 3.8) is 0 Å². The molecule has 0 saturated heterocycles. The lowest BCUT2D eigenvalue weighted by Crippen LogP contribution is -2.29. The topological polar surface area (TPSA) is 40.5 Å². The van der Waals surface area contributed by atoms with E-state index in [1.807, 2.05) is 30.3 Å². The molecular formula is C17H18O2. The molecule has 2 heteroatoms. The molecule has 98 valence electrons. The molecule has 0 radical (unpaired) electrons. The van der Waals surface area contributed by atoms with E-state index >= 15 is 0 Å². The number of para-hydroxylation sites is 1. The first-order chi connectivity index (χ1) is 9.07. The van der Waals surface area contributed by atoms with Gasteiger partial charge in [-0.2, -0.15) is 0 Å². The van der Waals surface area contributed by atoms with Crippen LogP contribution < -0.4 is 0 Å². The van der Waals surface area contributed by atoms with Crippen LogP contribution in [-0.4, -0.2) is 10.2 Å². The highest BCUT2D eigenvalue weighted by Crippen LogP contribution is 2.40. The molecule has 0 aliphatic rings. The zero-order valence-electron chi connectivity index (χ0n) is 11.0. The molecule has 0 saturated carbocycles. The van der Waals surface area contributed by atoms with Crippen LogP contribution in [-0.2, 0) is 5.60 Å². The molecule has 0 fully saturated rings. The molecule has 2 nitrogen and oxygen atoms in total. The van der Waals surface area contributed by atoms with Crippen LogP contribution in [0.25, 0.3) is 0 Å². The molecule has 2 unspecified atom stereocenters. The van der Waals surface area contributed by atoms with E-state index in [1.165, 1.54) is 0 Å². The van der Waals surface area contributed by atoms with E-state index in [-0.39, 0.29) is 11.7 Å². The molecule has 2 rings (SSSR count). The molecule has 0 bridgehead atoms. The van der Waals surface area contributed by atoms with Crippen molar-refractivity contribution in [1.82, 2.24) is 0 Å². The van der Waals surface area contributed by atoms with Crippen molar-refractivity contribution in [2.24, 2.45) is 0 Å². The summed E-state index contributed by atoms with van der Waals surface area (Å²) in [5, 5.41) is 20.8. The van der Waals surface area contributed by atoms with Crippen LogP contribution in [0.1, 0.15) is 24.0 Å². The highest BCUT2D eigenvalue weighted by molar-refractivity contribution is 5.41. The van der Waals surface area contributed by atoms with Crippen molar-refractivity contribution in [3.8, 4) is 5.75 Å². The standard InChI is InChI=1S/C17H18O2/c1-3-14(13-9-5-4-6-10-13)17(2,19)15-11-7-8-12-16(15)18/h3-12,14,18-19H,1H2,2H3. The Kier molecular flexibility index (Phi) is 3.72. The summed E-state index contributed by atoms with van der Waals surface area (Å²) >= 11 is 0. The molecule has 0 spiro atoms. The summed E-state index contributed by atoms with van der Waals surface area (Å²) in [5.74, 6) is -0.197. The molecule has 0 aliphatic heterocycles. The van der Waals surface area contributed by atoms with E-state index in [2.05, 4.69) is 6.58 Å². The Morgan fingerprint density at radius 3 is 2.21 bits per heavy atom. The second kappa shape index (κ2) is 5.29. The van der Waals surface area contributed by atoms with E-state index in [0.29, 0.717) is 5.56 Å². The summed E-state index contributed by atoms with van der Waals surface area (Å²) in [5.41, 5.74) is 0.253. The predicted octanol–water partition coefficient (Wildman–Crippen LogP) is 3.57. The number of benzene rings is 2. The fraction of sp³-hybridized carbons (Fsp3) is 0.176. The van der Waals surface area contributed by atoms with Gasteiger partial charge in [-0.3, -0.25) is 0 Å². The van der Waals surface area contributed by atoms with Crippen molar-refractivity contribution >= 4 is 0 Å². The number of phenolic OH excluding ortho intramolecular Hbond substituents is 1. The van der Waals surface area contributed by atoms with Gasteiger partial charge in [-0.1, -0.05) is 54.6 Å². The Bertz CT molecular complexity index is 558. The largest absolute Gasteiger partial charge is 0.508 e. The third-order valence-electron chi connectivity index (χ3n) is 3.45. The minimum absolute atomic E-state index is 0.0929. The van der Waals surface area contributed by atoms with Crippen LogP contribution in [0.4, 0.5) is 0 Å². The first-order valence-corrected chi connectivity index (χ1v) is 6.25. The Hall–Kier alpha value is -2.06. The third-order valence-corrected chi connectivity index (χ3v) is 3.45. The van der Waals surface area contributed by atoms with E-state index < -0.39 is 5.60 Å². The number of hydrogen-bond donors (Lipinski definition) is 2. The van der Waals surface area contributed by atoms with Crippen molar-refractivity contribution in [2.45, 2.75) is 18.4 Å². The summed E-state index contributed by atoms with van der Waals surface area (Å²) in [7, 11) is 0. The normalized spacial score (nSPS) is 15.5. The van der Waals surface area contributed by atoms with Gasteiger partial charge in [0.15, 0.2) is 0 Å². The first-order valence-electron chi connectivity index (χ1n) is 6.25. The molecule has 2 aromatic carbocycles. The molecule has 0 aliphatic carbocycles. The Balaban J connectivity index is 2.48. The number of phenols is 1. The number of aliphatic hydroxyl groups is 1. The van der Waals surface area contributed by atoms with Crippen molar-refractivity contribution in [1.29, 1.82) is 0 Å².